The summed E-state index contributed by atoms with van der Waals surface area (Å²) < 4.78 is 22.7. The van der Waals surface area contributed by atoms with Crippen LogP contribution in [0, 0.1) is 6.92 Å². The van der Waals surface area contributed by atoms with Gasteiger partial charge in [0.25, 0.3) is 12.0 Å². The molecule has 24 heavy (non-hydrogen) atoms. The van der Waals surface area contributed by atoms with E-state index in [0.717, 1.165) is 0 Å². The maximum atomic E-state index is 11.9. The van der Waals surface area contributed by atoms with Gasteiger partial charge in [0.05, 0.1) is 25.9 Å². The molecule has 2 aliphatic heterocycles. The van der Waals surface area contributed by atoms with Crippen molar-refractivity contribution in [3.05, 3.63) is 32.6 Å². The van der Waals surface area contributed by atoms with Gasteiger partial charge in [-0.1, -0.05) is 0 Å². The van der Waals surface area contributed by atoms with E-state index in [1.165, 1.54) is 10.8 Å². The molecule has 0 amide bonds. The van der Waals surface area contributed by atoms with Crippen LogP contribution >= 0.6 is 0 Å². The van der Waals surface area contributed by atoms with Crippen molar-refractivity contribution in [3.8, 4) is 0 Å². The van der Waals surface area contributed by atoms with E-state index < -0.39 is 42.3 Å². The molecule has 134 valence electrons. The van der Waals surface area contributed by atoms with Crippen molar-refractivity contribution in [2.75, 3.05) is 19.8 Å². The number of rotatable bonds is 5. The highest BCUT2D eigenvalue weighted by Gasteiger charge is 2.37. The lowest BCUT2D eigenvalue weighted by Gasteiger charge is -2.18. The molecule has 0 radical (unpaired) electrons. The first-order valence-corrected chi connectivity index (χ1v) is 7.63. The lowest BCUT2D eigenvalue weighted by Crippen LogP contribution is -2.33. The Kier molecular flexibility index (Phi) is 5.13. The van der Waals surface area contributed by atoms with Crippen molar-refractivity contribution >= 4 is 0 Å². The largest absolute Gasteiger partial charge is 0.394 e. The molecule has 2 aliphatic rings. The van der Waals surface area contributed by atoms with Gasteiger partial charge in [-0.05, 0) is 6.92 Å². The number of nitrogens with one attached hydrogen (secondary N) is 1. The van der Waals surface area contributed by atoms with E-state index in [-0.39, 0.29) is 26.2 Å². The van der Waals surface area contributed by atoms with Crippen LogP contribution in [0.4, 0.5) is 0 Å². The molecule has 10 nitrogen and oxygen atoms in total. The topological polar surface area (TPSA) is 132 Å². The van der Waals surface area contributed by atoms with Crippen LogP contribution < -0.4 is 11.2 Å². The number of aromatic nitrogens is 2. The molecule has 5 atom stereocenters. The van der Waals surface area contributed by atoms with Gasteiger partial charge >= 0.3 is 5.69 Å². The van der Waals surface area contributed by atoms with Crippen molar-refractivity contribution < 1.29 is 29.2 Å². The van der Waals surface area contributed by atoms with Crippen LogP contribution in [-0.2, 0) is 18.9 Å². The van der Waals surface area contributed by atoms with Gasteiger partial charge in [0.2, 0.25) is 0 Å². The molecule has 1 aromatic heterocycles. The molecule has 10 heteroatoms. The monoisotopic (exact) mass is 344 g/mol. The number of aryl methyl sites for hydroxylation is 1. The summed E-state index contributed by atoms with van der Waals surface area (Å²) in [6.45, 7) is 0.711. The maximum absolute atomic E-state index is 11.9. The number of nitrogens with zero attached hydrogens (tertiary/aromatic N) is 1. The smallest absolute Gasteiger partial charge is 0.330 e. The quantitative estimate of drug-likeness (QED) is 0.570. The SMILES string of the molecule is Cc1cn([C@H]2CC(O)[C@@H](COC3OCC(CO)O3)O2)c(=O)[nH]c1=O. The van der Waals surface area contributed by atoms with Gasteiger partial charge in [-0.15, -0.1) is 0 Å². The van der Waals surface area contributed by atoms with Gasteiger partial charge in [0.15, 0.2) is 0 Å². The minimum Gasteiger partial charge on any atom is -0.394 e. The van der Waals surface area contributed by atoms with Crippen LogP contribution in [0.25, 0.3) is 0 Å². The molecular weight excluding hydrogens is 324 g/mol. The van der Waals surface area contributed by atoms with Crippen LogP contribution in [0.3, 0.4) is 0 Å². The third kappa shape index (κ3) is 3.58. The van der Waals surface area contributed by atoms with E-state index >= 15 is 0 Å². The van der Waals surface area contributed by atoms with E-state index in [1.807, 2.05) is 0 Å². The summed E-state index contributed by atoms with van der Waals surface area (Å²) in [5.41, 5.74) is -0.684. The fraction of sp³-hybridized carbons (Fsp3) is 0.714. The van der Waals surface area contributed by atoms with Crippen molar-refractivity contribution in [3.63, 3.8) is 0 Å². The molecule has 0 aliphatic carbocycles. The van der Waals surface area contributed by atoms with Gasteiger partial charge in [-0.3, -0.25) is 14.3 Å². The summed E-state index contributed by atoms with van der Waals surface area (Å²) in [5, 5.41) is 19.0. The summed E-state index contributed by atoms with van der Waals surface area (Å²) >= 11 is 0. The molecule has 3 rings (SSSR count). The Morgan fingerprint density at radius 1 is 1.42 bits per heavy atom. The molecule has 0 aromatic carbocycles. The van der Waals surface area contributed by atoms with E-state index in [1.54, 1.807) is 6.92 Å². The number of aliphatic hydroxyl groups is 2. The van der Waals surface area contributed by atoms with Crippen molar-refractivity contribution in [2.45, 2.75) is 44.4 Å². The maximum Gasteiger partial charge on any atom is 0.330 e. The minimum absolute atomic E-state index is 0.00241. The van der Waals surface area contributed by atoms with Gasteiger partial charge in [-0.2, -0.15) is 0 Å². The van der Waals surface area contributed by atoms with Gasteiger partial charge < -0.3 is 29.2 Å². The third-order valence-corrected chi connectivity index (χ3v) is 3.98. The molecule has 3 heterocycles. The highest BCUT2D eigenvalue weighted by atomic mass is 16.9. The zero-order valence-corrected chi connectivity index (χ0v) is 13.1. The number of hydrogen-bond donors (Lipinski definition) is 3. The van der Waals surface area contributed by atoms with Gasteiger partial charge in [-0.25, -0.2) is 4.79 Å². The Labute approximate surface area is 136 Å². The summed E-state index contributed by atoms with van der Waals surface area (Å²) in [6.07, 6.45) is -1.06. The standard InChI is InChI=1S/C14H20N2O8/c1-7-3-16(13(20)15-12(7)19)11-2-9(18)10(24-11)6-22-14-21-5-8(4-17)23-14/h3,8-11,14,17-18H,2,4-6H2,1H3,(H,15,19,20)/t8?,9?,10-,11-,14?/m1/s1. The molecular formula is C14H20N2O8. The molecule has 3 unspecified atom stereocenters. The van der Waals surface area contributed by atoms with E-state index in [4.69, 9.17) is 24.1 Å². The molecule has 2 fully saturated rings. The number of aromatic amines is 1. The Balaban J connectivity index is 1.60. The Hall–Kier alpha value is -1.56. The summed E-state index contributed by atoms with van der Waals surface area (Å²) in [4.78, 5) is 25.5. The Bertz CT molecular complexity index is 686. The fourth-order valence-electron chi connectivity index (χ4n) is 2.61. The normalized spacial score (nSPS) is 33.2. The predicted molar refractivity (Wildman–Crippen MR) is 78.2 cm³/mol. The molecule has 3 N–H and O–H groups in total. The number of hydrogen-bond acceptors (Lipinski definition) is 8. The Morgan fingerprint density at radius 3 is 2.92 bits per heavy atom. The first-order chi connectivity index (χ1) is 11.5. The molecule has 2 saturated heterocycles. The number of H-pyrrole nitrogens is 1. The third-order valence-electron chi connectivity index (χ3n) is 3.98. The zero-order valence-electron chi connectivity index (χ0n) is 13.1. The molecule has 0 bridgehead atoms. The minimum atomic E-state index is -0.921. The van der Waals surface area contributed by atoms with Gasteiger partial charge in [0, 0.05) is 18.2 Å². The summed E-state index contributed by atoms with van der Waals surface area (Å²) in [6, 6.07) is 0. The van der Waals surface area contributed by atoms with Crippen LogP contribution in [0.5, 0.6) is 0 Å². The van der Waals surface area contributed by atoms with Crippen molar-refractivity contribution in [1.82, 2.24) is 9.55 Å². The second kappa shape index (κ2) is 7.13. The van der Waals surface area contributed by atoms with Crippen LogP contribution in [0.2, 0.25) is 0 Å². The molecule has 0 saturated carbocycles. The van der Waals surface area contributed by atoms with Crippen molar-refractivity contribution in [2.24, 2.45) is 0 Å². The molecule has 0 spiro atoms. The number of aliphatic hydroxyl groups excluding tert-OH is 2. The van der Waals surface area contributed by atoms with E-state index in [9.17, 15) is 14.7 Å². The predicted octanol–water partition coefficient (Wildman–Crippen LogP) is -1.80. The van der Waals surface area contributed by atoms with Crippen LogP contribution in [0.15, 0.2) is 15.8 Å². The highest BCUT2D eigenvalue weighted by molar-refractivity contribution is 5.02. The van der Waals surface area contributed by atoms with Crippen LogP contribution in [0.1, 0.15) is 18.2 Å². The summed E-state index contributed by atoms with van der Waals surface area (Å²) in [5.74, 6) is 0. The van der Waals surface area contributed by atoms with Crippen molar-refractivity contribution in [1.29, 1.82) is 0 Å². The second-order valence-corrected chi connectivity index (χ2v) is 5.81. The lowest BCUT2D eigenvalue weighted by molar-refractivity contribution is -0.252. The van der Waals surface area contributed by atoms with Gasteiger partial charge in [0.1, 0.15) is 18.4 Å². The first kappa shape index (κ1) is 17.3. The van der Waals surface area contributed by atoms with Crippen LogP contribution in [-0.4, -0.2) is 64.4 Å². The Morgan fingerprint density at radius 2 is 2.21 bits per heavy atom. The lowest BCUT2D eigenvalue weighted by atomic mass is 10.2. The fourth-order valence-corrected chi connectivity index (χ4v) is 2.61. The second-order valence-electron chi connectivity index (χ2n) is 5.81. The summed E-state index contributed by atoms with van der Waals surface area (Å²) in [7, 11) is 0. The van der Waals surface area contributed by atoms with E-state index in [0.29, 0.717) is 5.56 Å². The molecule has 1 aromatic rings. The average Bonchev–Trinajstić information content (AvgIpc) is 3.15. The first-order valence-electron chi connectivity index (χ1n) is 7.63. The average molecular weight is 344 g/mol. The number of ether oxygens (including phenoxy) is 4. The highest BCUT2D eigenvalue weighted by Crippen LogP contribution is 2.28. The zero-order chi connectivity index (χ0) is 17.3. The van der Waals surface area contributed by atoms with E-state index in [2.05, 4.69) is 4.98 Å².